The Morgan fingerprint density at radius 1 is 1.02 bits per heavy atom. The second-order valence-electron chi connectivity index (χ2n) is 13.4. The molecule has 2 amide bonds. The summed E-state index contributed by atoms with van der Waals surface area (Å²) in [5.41, 5.74) is -2.57. The molecule has 3 aromatic rings. The van der Waals surface area contributed by atoms with Gasteiger partial charge in [0.05, 0.1) is 34.0 Å². The zero-order chi connectivity index (χ0) is 37.4. The highest BCUT2D eigenvalue weighted by Gasteiger charge is 2.33. The van der Waals surface area contributed by atoms with Crippen molar-refractivity contribution in [1.29, 1.82) is 0 Å². The minimum Gasteiger partial charge on any atom is -0.489 e. The van der Waals surface area contributed by atoms with Gasteiger partial charge in [0.15, 0.2) is 4.80 Å². The van der Waals surface area contributed by atoms with Crippen molar-refractivity contribution in [2.24, 2.45) is 4.99 Å². The van der Waals surface area contributed by atoms with Gasteiger partial charge >= 0.3 is 24.2 Å². The number of aromatic nitrogens is 2. The number of thiazole rings is 1. The number of rotatable bonds is 12. The van der Waals surface area contributed by atoms with Gasteiger partial charge in [-0.1, -0.05) is 24.7 Å². The van der Waals surface area contributed by atoms with Crippen LogP contribution in [0, 0.1) is 0 Å². The molecule has 16 heteroatoms. The van der Waals surface area contributed by atoms with Gasteiger partial charge in [-0.05, 0) is 79.2 Å². The number of nitrogens with zero attached hydrogens (tertiary/aromatic N) is 3. The minimum atomic E-state index is -4.76. The van der Waals surface area contributed by atoms with Crippen LogP contribution in [0.3, 0.4) is 0 Å². The summed E-state index contributed by atoms with van der Waals surface area (Å²) in [4.78, 5) is 60.2. The number of nitrogens with one attached hydrogen (secondary N) is 1. The summed E-state index contributed by atoms with van der Waals surface area (Å²) in [5, 5.41) is 2.32. The molecule has 2 atom stereocenters. The van der Waals surface area contributed by atoms with Gasteiger partial charge in [-0.15, -0.1) is 0 Å². The molecule has 0 fully saturated rings. The molecule has 1 aromatic carbocycles. The number of ether oxygens (including phenoxy) is 4. The van der Waals surface area contributed by atoms with E-state index in [1.807, 2.05) is 6.92 Å². The molecule has 0 aliphatic rings. The van der Waals surface area contributed by atoms with Gasteiger partial charge in [-0.2, -0.15) is 18.2 Å². The van der Waals surface area contributed by atoms with E-state index in [1.54, 1.807) is 64.6 Å². The largest absolute Gasteiger partial charge is 0.489 e. The van der Waals surface area contributed by atoms with Gasteiger partial charge in [0.25, 0.3) is 5.91 Å². The summed E-state index contributed by atoms with van der Waals surface area (Å²) >= 11 is 1.20. The average molecular weight is 725 g/mol. The Labute approximate surface area is 292 Å². The maximum atomic E-state index is 13.7. The van der Waals surface area contributed by atoms with Crippen molar-refractivity contribution in [3.05, 3.63) is 52.6 Å². The molecule has 3 rings (SSSR count). The van der Waals surface area contributed by atoms with E-state index in [0.29, 0.717) is 12.6 Å². The third-order valence-electron chi connectivity index (χ3n) is 6.51. The molecule has 0 aliphatic heterocycles. The van der Waals surface area contributed by atoms with Crippen LogP contribution in [-0.2, 0) is 36.5 Å². The normalized spacial score (nSPS) is 13.8. The van der Waals surface area contributed by atoms with Crippen molar-refractivity contribution in [2.45, 2.75) is 111 Å². The van der Waals surface area contributed by atoms with E-state index in [-0.39, 0.29) is 10.6 Å². The highest BCUT2D eigenvalue weighted by molar-refractivity contribution is 7.16. The number of unbranched alkanes of at least 4 members (excludes halogenated alkanes) is 1. The zero-order valence-corrected chi connectivity index (χ0v) is 30.1. The molecular weight excluding hydrogens is 681 g/mol. The van der Waals surface area contributed by atoms with E-state index in [1.165, 1.54) is 18.3 Å². The number of hydrogen-bond acceptors (Lipinski definition) is 10. The number of fused-ring (bicyclic) bond motifs is 1. The van der Waals surface area contributed by atoms with Gasteiger partial charge in [0, 0.05) is 12.7 Å². The molecule has 0 unspecified atom stereocenters. The highest BCUT2D eigenvalue weighted by atomic mass is 32.1. The molecule has 274 valence electrons. The topological polar surface area (TPSA) is 147 Å². The Balaban J connectivity index is 1.86. The Hall–Kier alpha value is -4.47. The van der Waals surface area contributed by atoms with Gasteiger partial charge in [0.2, 0.25) is 0 Å². The first-order chi connectivity index (χ1) is 23.2. The van der Waals surface area contributed by atoms with Crippen molar-refractivity contribution < 1.29 is 51.3 Å². The van der Waals surface area contributed by atoms with Crippen LogP contribution in [0.25, 0.3) is 10.2 Å². The summed E-state index contributed by atoms with van der Waals surface area (Å²) in [7, 11) is 0. The number of esters is 2. The number of aryl methyl sites for hydroxylation is 1. The summed E-state index contributed by atoms with van der Waals surface area (Å²) in [6.07, 6.45) is -2.53. The maximum Gasteiger partial charge on any atom is 0.416 e. The predicted molar refractivity (Wildman–Crippen MR) is 179 cm³/mol. The SMILES string of the molecule is CCCCn1/c(=N/C(=O)c2cc(C(F)(F)F)ccc2OC[C@H](C)OC(=O)[C@H](CC(=O)OC(C)(C)C)NC(=O)OC(C)(C)C)sc2ccncc21. The smallest absolute Gasteiger partial charge is 0.416 e. The quantitative estimate of drug-likeness (QED) is 0.161. The molecule has 0 spiro atoms. The Morgan fingerprint density at radius 2 is 1.70 bits per heavy atom. The summed E-state index contributed by atoms with van der Waals surface area (Å²) in [5.74, 6) is -3.01. The van der Waals surface area contributed by atoms with Crippen molar-refractivity contribution in [1.82, 2.24) is 14.9 Å². The lowest BCUT2D eigenvalue weighted by Crippen LogP contribution is -2.47. The number of hydrogen-bond donors (Lipinski definition) is 1. The number of alkyl carbamates (subject to hydrolysis) is 1. The van der Waals surface area contributed by atoms with Gasteiger partial charge in [0.1, 0.15) is 35.7 Å². The standard InChI is InChI=1S/C34H43F3N4O8S/c1-9-10-15-41-24-18-38-14-13-26(24)50-30(41)40-28(43)22-16-21(34(35,36)37)11-12-25(22)46-19-20(2)47-29(44)23(17-27(42)48-32(3,4)5)39-31(45)49-33(6,7)8/h11-14,16,18,20,23H,9-10,15,17,19H2,1-8H3,(H,39,45)/b40-30-/t20-,23-/m0/s1. The van der Waals surface area contributed by atoms with Crippen LogP contribution in [0.2, 0.25) is 0 Å². The first-order valence-corrected chi connectivity index (χ1v) is 16.8. The lowest BCUT2D eigenvalue weighted by Gasteiger charge is -2.25. The molecule has 50 heavy (non-hydrogen) atoms. The molecule has 1 N–H and O–H groups in total. The molecule has 0 aliphatic carbocycles. The zero-order valence-electron chi connectivity index (χ0n) is 29.3. The van der Waals surface area contributed by atoms with E-state index in [4.69, 9.17) is 18.9 Å². The van der Waals surface area contributed by atoms with Gasteiger partial charge in [-0.3, -0.25) is 14.6 Å². The second-order valence-corrected chi connectivity index (χ2v) is 14.4. The van der Waals surface area contributed by atoms with Crippen LogP contribution >= 0.6 is 11.3 Å². The molecule has 0 saturated carbocycles. The lowest BCUT2D eigenvalue weighted by molar-refractivity contribution is -0.161. The van der Waals surface area contributed by atoms with Crippen LogP contribution in [0.4, 0.5) is 18.0 Å². The van der Waals surface area contributed by atoms with Crippen LogP contribution in [-0.4, -0.2) is 63.4 Å². The monoisotopic (exact) mass is 724 g/mol. The Bertz CT molecular complexity index is 1730. The lowest BCUT2D eigenvalue weighted by atomic mass is 10.1. The number of benzene rings is 1. The molecule has 12 nitrogen and oxygen atoms in total. The molecule has 0 saturated heterocycles. The van der Waals surface area contributed by atoms with Crippen LogP contribution < -0.4 is 14.9 Å². The first-order valence-electron chi connectivity index (χ1n) is 15.9. The third kappa shape index (κ3) is 12.1. The first kappa shape index (κ1) is 40.0. The maximum absolute atomic E-state index is 13.7. The van der Waals surface area contributed by atoms with Crippen molar-refractivity contribution >= 4 is 45.5 Å². The fraction of sp³-hybridized carbons (Fsp3) is 0.529. The van der Waals surface area contributed by atoms with Gasteiger partial charge < -0.3 is 28.8 Å². The molecule has 2 heterocycles. The average Bonchev–Trinajstić information content (AvgIpc) is 3.32. The Kier molecular flexibility index (Phi) is 13.2. The molecular formula is C34H43F3N4O8S. The van der Waals surface area contributed by atoms with E-state index < -0.39 is 77.6 Å². The highest BCUT2D eigenvalue weighted by Crippen LogP contribution is 2.33. The number of halogens is 3. The van der Waals surface area contributed by atoms with Crippen LogP contribution in [0.1, 0.15) is 90.6 Å². The number of carbonyl (C=O) groups is 4. The second kappa shape index (κ2) is 16.5. The Morgan fingerprint density at radius 3 is 2.32 bits per heavy atom. The van der Waals surface area contributed by atoms with Crippen LogP contribution in [0.5, 0.6) is 5.75 Å². The summed E-state index contributed by atoms with van der Waals surface area (Å²) in [6.45, 7) is 13.3. The van der Waals surface area contributed by atoms with Crippen molar-refractivity contribution in [3.63, 3.8) is 0 Å². The van der Waals surface area contributed by atoms with E-state index in [9.17, 15) is 32.3 Å². The van der Waals surface area contributed by atoms with E-state index >= 15 is 0 Å². The number of pyridine rings is 1. The molecule has 0 bridgehead atoms. The number of alkyl halides is 3. The van der Waals surface area contributed by atoms with Crippen molar-refractivity contribution in [3.8, 4) is 5.75 Å². The van der Waals surface area contributed by atoms with E-state index in [0.717, 1.165) is 35.2 Å². The third-order valence-corrected chi connectivity index (χ3v) is 7.57. The molecule has 2 aromatic heterocycles. The number of amides is 2. The van der Waals surface area contributed by atoms with Crippen LogP contribution in [0.15, 0.2) is 41.7 Å². The molecule has 0 radical (unpaired) electrons. The van der Waals surface area contributed by atoms with E-state index in [2.05, 4.69) is 15.3 Å². The van der Waals surface area contributed by atoms with Crippen molar-refractivity contribution in [2.75, 3.05) is 6.61 Å². The number of carbonyl (C=O) groups excluding carboxylic acids is 4. The summed E-state index contributed by atoms with van der Waals surface area (Å²) in [6, 6.07) is 2.67. The fourth-order valence-electron chi connectivity index (χ4n) is 4.40. The fourth-order valence-corrected chi connectivity index (χ4v) is 5.42. The predicted octanol–water partition coefficient (Wildman–Crippen LogP) is 6.59. The van der Waals surface area contributed by atoms with Gasteiger partial charge in [-0.25, -0.2) is 9.59 Å². The minimum absolute atomic E-state index is 0.227. The summed E-state index contributed by atoms with van der Waals surface area (Å²) < 4.78 is 65.3.